The Labute approximate surface area is 147 Å². The van der Waals surface area contributed by atoms with Crippen LogP contribution in [0.3, 0.4) is 0 Å². The van der Waals surface area contributed by atoms with Crippen LogP contribution in [0.1, 0.15) is 39.0 Å². The largest absolute Gasteiger partial charge is 0.385 e. The van der Waals surface area contributed by atoms with Crippen LogP contribution in [-0.2, 0) is 11.3 Å². The summed E-state index contributed by atoms with van der Waals surface area (Å²) in [5.74, 6) is 0.987. The second-order valence-corrected chi connectivity index (χ2v) is 6.62. The van der Waals surface area contributed by atoms with Gasteiger partial charge >= 0.3 is 0 Å². The summed E-state index contributed by atoms with van der Waals surface area (Å²) in [6.07, 6.45) is 5.37. The van der Waals surface area contributed by atoms with Gasteiger partial charge in [-0.3, -0.25) is 9.36 Å². The first-order valence-electron chi connectivity index (χ1n) is 9.01. The summed E-state index contributed by atoms with van der Waals surface area (Å²) in [7, 11) is 1.66. The summed E-state index contributed by atoms with van der Waals surface area (Å²) in [6.45, 7) is 3.36. The van der Waals surface area contributed by atoms with Crippen molar-refractivity contribution in [3.05, 3.63) is 34.6 Å². The van der Waals surface area contributed by atoms with E-state index in [1.165, 1.54) is 19.3 Å². The Morgan fingerprint density at radius 3 is 3.00 bits per heavy atom. The number of methoxy groups -OCH3 is 1. The molecule has 134 valence electrons. The fourth-order valence-corrected chi connectivity index (χ4v) is 3.29. The minimum Gasteiger partial charge on any atom is -0.385 e. The number of hydrogen-bond donors (Lipinski definition) is 1. The van der Waals surface area contributed by atoms with Crippen molar-refractivity contribution in [1.82, 2.24) is 9.55 Å². The average Bonchev–Trinajstić information content (AvgIpc) is 2.63. The first kappa shape index (κ1) is 17.6. The fraction of sp³-hybridized carbons (Fsp3) is 0.526. The molecule has 0 amide bonds. The number of hydrogen-bond acceptors (Lipinski definition) is 5. The van der Waals surface area contributed by atoms with E-state index in [2.05, 4.69) is 22.4 Å². The first-order valence-corrected chi connectivity index (χ1v) is 9.01. The van der Waals surface area contributed by atoms with Crippen molar-refractivity contribution in [3.63, 3.8) is 0 Å². The minimum absolute atomic E-state index is 0.0407. The van der Waals surface area contributed by atoms with Crippen LogP contribution in [0.15, 0.2) is 34.2 Å². The molecule has 0 spiro atoms. The molecule has 6 heteroatoms. The lowest BCUT2D eigenvalue weighted by atomic mass is 9.89. The highest BCUT2D eigenvalue weighted by Gasteiger charge is 2.16. The summed E-state index contributed by atoms with van der Waals surface area (Å²) < 4.78 is 6.78. The zero-order valence-corrected chi connectivity index (χ0v) is 15.0. The molecule has 1 aromatic carbocycles. The molecule has 0 aliphatic heterocycles. The molecule has 25 heavy (non-hydrogen) atoms. The lowest BCUT2D eigenvalue weighted by Crippen LogP contribution is -2.26. The van der Waals surface area contributed by atoms with E-state index >= 15 is 0 Å². The summed E-state index contributed by atoms with van der Waals surface area (Å²) in [6, 6.07) is 7.43. The number of nitrogens with zero attached hydrogens (tertiary/aromatic N) is 3. The van der Waals surface area contributed by atoms with E-state index in [1.807, 2.05) is 24.3 Å². The van der Waals surface area contributed by atoms with Crippen LogP contribution >= 0.6 is 0 Å². The first-order chi connectivity index (χ1) is 12.2. The zero-order chi connectivity index (χ0) is 17.6. The Bertz CT molecular complexity index is 813. The van der Waals surface area contributed by atoms with Crippen molar-refractivity contribution in [2.75, 3.05) is 19.1 Å². The van der Waals surface area contributed by atoms with E-state index in [0.29, 0.717) is 35.9 Å². The third kappa shape index (κ3) is 4.07. The quantitative estimate of drug-likeness (QED) is 0.645. The lowest BCUT2D eigenvalue weighted by molar-refractivity contribution is 0.190. The fourth-order valence-electron chi connectivity index (χ4n) is 3.29. The second kappa shape index (κ2) is 8.25. The van der Waals surface area contributed by atoms with Crippen LogP contribution in [0.4, 0.5) is 5.95 Å². The molecular weight excluding hydrogens is 316 g/mol. The second-order valence-electron chi connectivity index (χ2n) is 6.62. The lowest BCUT2D eigenvalue weighted by Gasteiger charge is -2.20. The van der Waals surface area contributed by atoms with Crippen molar-refractivity contribution < 1.29 is 4.74 Å². The number of aromatic nitrogens is 2. The van der Waals surface area contributed by atoms with Crippen LogP contribution in [0.25, 0.3) is 10.9 Å². The molecule has 1 aromatic heterocycles. The summed E-state index contributed by atoms with van der Waals surface area (Å²) >= 11 is 0. The van der Waals surface area contributed by atoms with Crippen LogP contribution in [0.5, 0.6) is 0 Å². The third-order valence-corrected chi connectivity index (χ3v) is 4.78. The smallest absolute Gasteiger partial charge is 0.262 e. The Morgan fingerprint density at radius 1 is 1.36 bits per heavy atom. The normalized spacial score (nSPS) is 19.4. The van der Waals surface area contributed by atoms with Crippen molar-refractivity contribution in [2.45, 2.75) is 45.6 Å². The van der Waals surface area contributed by atoms with Crippen LogP contribution in [-0.4, -0.2) is 29.0 Å². The number of hydrazone groups is 1. The molecule has 0 saturated heterocycles. The van der Waals surface area contributed by atoms with E-state index in [9.17, 15) is 4.79 Å². The van der Waals surface area contributed by atoms with Gasteiger partial charge in [0.25, 0.3) is 5.56 Å². The van der Waals surface area contributed by atoms with E-state index in [4.69, 9.17) is 4.74 Å². The molecule has 0 radical (unpaired) electrons. The third-order valence-electron chi connectivity index (χ3n) is 4.78. The van der Waals surface area contributed by atoms with Gasteiger partial charge in [0.05, 0.1) is 10.9 Å². The number of anilines is 1. The molecule has 1 atom stereocenters. The molecule has 1 fully saturated rings. The highest BCUT2D eigenvalue weighted by molar-refractivity contribution is 5.87. The molecule has 1 heterocycles. The van der Waals surface area contributed by atoms with Crippen molar-refractivity contribution in [1.29, 1.82) is 0 Å². The number of para-hydroxylation sites is 1. The average molecular weight is 342 g/mol. The Hall–Kier alpha value is -2.21. The maximum Gasteiger partial charge on any atom is 0.262 e. The Balaban J connectivity index is 1.95. The van der Waals surface area contributed by atoms with E-state index in [0.717, 1.165) is 18.6 Å². The molecule has 1 N–H and O–H groups in total. The molecule has 0 unspecified atom stereocenters. The molecule has 6 nitrogen and oxygen atoms in total. The van der Waals surface area contributed by atoms with Crippen LogP contribution < -0.4 is 11.0 Å². The molecule has 1 aliphatic rings. The predicted octanol–water partition coefficient (Wildman–Crippen LogP) is 3.41. The van der Waals surface area contributed by atoms with Gasteiger partial charge in [-0.1, -0.05) is 25.5 Å². The van der Waals surface area contributed by atoms with Gasteiger partial charge in [0.1, 0.15) is 0 Å². The summed E-state index contributed by atoms with van der Waals surface area (Å²) in [4.78, 5) is 17.5. The molecule has 1 saturated carbocycles. The Kier molecular flexibility index (Phi) is 5.81. The topological polar surface area (TPSA) is 68.5 Å². The highest BCUT2D eigenvalue weighted by Crippen LogP contribution is 2.21. The monoisotopic (exact) mass is 342 g/mol. The molecule has 1 aliphatic carbocycles. The molecular formula is C19H26N4O2. The maximum absolute atomic E-state index is 12.9. The molecule has 2 aromatic rings. The highest BCUT2D eigenvalue weighted by atomic mass is 16.5. The number of ether oxygens (including phenoxy) is 1. The van der Waals surface area contributed by atoms with Gasteiger partial charge in [-0.2, -0.15) is 5.10 Å². The van der Waals surface area contributed by atoms with Crippen molar-refractivity contribution in [2.24, 2.45) is 11.0 Å². The van der Waals surface area contributed by atoms with Gasteiger partial charge in [0.15, 0.2) is 0 Å². The number of nitrogens with one attached hydrogen (secondary N) is 1. The van der Waals surface area contributed by atoms with Gasteiger partial charge in [0.2, 0.25) is 5.95 Å². The van der Waals surface area contributed by atoms with Crippen LogP contribution in [0.2, 0.25) is 0 Å². The zero-order valence-electron chi connectivity index (χ0n) is 15.0. The predicted molar refractivity (Wildman–Crippen MR) is 101 cm³/mol. The van der Waals surface area contributed by atoms with Gasteiger partial charge in [-0.15, -0.1) is 0 Å². The Morgan fingerprint density at radius 2 is 2.20 bits per heavy atom. The van der Waals surface area contributed by atoms with E-state index < -0.39 is 0 Å². The van der Waals surface area contributed by atoms with Gasteiger partial charge < -0.3 is 4.74 Å². The van der Waals surface area contributed by atoms with Crippen molar-refractivity contribution in [3.8, 4) is 0 Å². The van der Waals surface area contributed by atoms with Crippen LogP contribution in [0, 0.1) is 5.92 Å². The summed E-state index contributed by atoms with van der Waals surface area (Å²) in [5.41, 5.74) is 4.89. The molecule has 3 rings (SSSR count). The standard InChI is InChI=1S/C19H26N4O2/c1-14-8-3-5-10-16(14)21-22-19-20-17-11-6-4-9-15(17)18(24)23(19)12-7-13-25-2/h4,6,9,11,14H,3,5,7-8,10,12-13H2,1-2H3,(H,20,22)/b21-16-/t14-/m1/s1. The van der Waals surface area contributed by atoms with E-state index in [1.54, 1.807) is 11.7 Å². The number of benzene rings is 1. The summed E-state index contributed by atoms with van der Waals surface area (Å²) in [5, 5.41) is 5.21. The SMILES string of the molecule is COCCCn1c(N/N=C2/CCCC[C@H]2C)nc2ccccc2c1=O. The van der Waals surface area contributed by atoms with Crippen molar-refractivity contribution >= 4 is 22.6 Å². The maximum atomic E-state index is 12.9. The minimum atomic E-state index is -0.0407. The van der Waals surface area contributed by atoms with Gasteiger partial charge in [-0.25, -0.2) is 10.4 Å². The molecule has 0 bridgehead atoms. The van der Waals surface area contributed by atoms with Gasteiger partial charge in [0, 0.05) is 26.0 Å². The van der Waals surface area contributed by atoms with Gasteiger partial charge in [-0.05, 0) is 43.7 Å². The van der Waals surface area contributed by atoms with E-state index in [-0.39, 0.29) is 5.56 Å². The number of fused-ring (bicyclic) bond motifs is 1. The number of rotatable bonds is 6.